The van der Waals surface area contributed by atoms with Crippen molar-refractivity contribution >= 4 is 15.7 Å². The number of hydrogen-bond donors (Lipinski definition) is 4. The summed E-state index contributed by atoms with van der Waals surface area (Å²) in [6, 6.07) is 14.1. The lowest BCUT2D eigenvalue weighted by molar-refractivity contribution is -0.148. The third-order valence-corrected chi connectivity index (χ3v) is 7.16. The zero-order valence-electron chi connectivity index (χ0n) is 19.0. The fraction of sp³-hybridized carbons (Fsp3) is 0.304. The fourth-order valence-corrected chi connectivity index (χ4v) is 5.01. The Bertz CT molecular complexity index is 1320. The highest BCUT2D eigenvalue weighted by Crippen LogP contribution is 2.25. The second-order valence-corrected chi connectivity index (χ2v) is 10.0. The lowest BCUT2D eigenvalue weighted by Crippen LogP contribution is -2.54. The van der Waals surface area contributed by atoms with Crippen molar-refractivity contribution in [3.05, 3.63) is 71.3 Å². The van der Waals surface area contributed by atoms with E-state index in [1.54, 1.807) is 24.3 Å². The molecule has 2 aromatic carbocycles. The number of amides is 1. The first-order valence-corrected chi connectivity index (χ1v) is 12.5. The molecule has 0 saturated carbocycles. The van der Waals surface area contributed by atoms with Crippen LogP contribution < -0.4 is 15.9 Å². The van der Waals surface area contributed by atoms with Crippen LogP contribution in [0.3, 0.4) is 0 Å². The highest BCUT2D eigenvalue weighted by atomic mass is 32.2. The van der Waals surface area contributed by atoms with Crippen LogP contribution in [0.2, 0.25) is 0 Å². The van der Waals surface area contributed by atoms with Crippen molar-refractivity contribution < 1.29 is 33.4 Å². The average Bonchev–Trinajstić information content (AvgIpc) is 3.10. The van der Waals surface area contributed by atoms with Gasteiger partial charge in [-0.2, -0.15) is 0 Å². The van der Waals surface area contributed by atoms with Crippen molar-refractivity contribution in [3.8, 4) is 17.4 Å². The Morgan fingerprint density at radius 3 is 2.31 bits per heavy atom. The van der Waals surface area contributed by atoms with E-state index in [1.165, 1.54) is 34.3 Å². The minimum atomic E-state index is -4.30. The zero-order valence-corrected chi connectivity index (χ0v) is 19.8. The quantitative estimate of drug-likeness (QED) is 0.226. The van der Waals surface area contributed by atoms with Crippen LogP contribution >= 0.6 is 0 Å². The van der Waals surface area contributed by atoms with Crippen LogP contribution in [0.25, 0.3) is 0 Å². The molecule has 0 aliphatic heterocycles. The van der Waals surface area contributed by atoms with E-state index in [1.807, 2.05) is 13.0 Å². The number of hydroxylamine groups is 1. The van der Waals surface area contributed by atoms with Crippen molar-refractivity contribution in [2.75, 3.05) is 5.75 Å². The standard InChI is InChI=1S/C23H27N3O8S/c1-2-3-13-25-14-20(27)26(22(25)29)15-23(30,21(28)24-31)16-35(32,33)19-11-9-18(10-12-19)34-17-7-5-4-6-8-17/h4-12,14,27,30-31H,2-3,13,15-16H2,1H3,(H,24,28). The van der Waals surface area contributed by atoms with E-state index in [9.17, 15) is 28.2 Å². The normalized spacial score (nSPS) is 13.2. The molecule has 1 aromatic heterocycles. The Hall–Kier alpha value is -3.61. The highest BCUT2D eigenvalue weighted by molar-refractivity contribution is 7.91. The lowest BCUT2D eigenvalue weighted by atomic mass is 10.1. The van der Waals surface area contributed by atoms with Gasteiger partial charge in [-0.05, 0) is 42.8 Å². The summed E-state index contributed by atoms with van der Waals surface area (Å²) in [6.07, 6.45) is 2.56. The van der Waals surface area contributed by atoms with Crippen LogP contribution in [0, 0.1) is 0 Å². The molecule has 0 radical (unpaired) electrons. The van der Waals surface area contributed by atoms with Gasteiger partial charge in [0.2, 0.25) is 5.88 Å². The molecule has 188 valence electrons. The maximum atomic E-state index is 13.0. The van der Waals surface area contributed by atoms with Gasteiger partial charge < -0.3 is 14.9 Å². The maximum Gasteiger partial charge on any atom is 0.331 e. The summed E-state index contributed by atoms with van der Waals surface area (Å²) < 4.78 is 33.6. The number of rotatable bonds is 11. The zero-order chi connectivity index (χ0) is 25.6. The molecule has 3 aromatic rings. The molecule has 12 heteroatoms. The SMILES string of the molecule is CCCCn1cc(O)n(CC(O)(CS(=O)(=O)c2ccc(Oc3ccccc3)cc2)C(=O)NO)c1=O. The van der Waals surface area contributed by atoms with E-state index in [0.29, 0.717) is 22.5 Å². The van der Waals surface area contributed by atoms with E-state index in [4.69, 9.17) is 9.94 Å². The van der Waals surface area contributed by atoms with Gasteiger partial charge in [-0.3, -0.25) is 19.1 Å². The third kappa shape index (κ3) is 6.10. The number of sulfone groups is 1. The lowest BCUT2D eigenvalue weighted by Gasteiger charge is -2.25. The van der Waals surface area contributed by atoms with Gasteiger partial charge in [0.1, 0.15) is 11.5 Å². The largest absolute Gasteiger partial charge is 0.493 e. The van der Waals surface area contributed by atoms with E-state index >= 15 is 0 Å². The predicted octanol–water partition coefficient (Wildman–Crippen LogP) is 1.66. The number of unbranched alkanes of at least 4 members (excludes halogenated alkanes) is 1. The number of aryl methyl sites for hydroxylation is 1. The van der Waals surface area contributed by atoms with Crippen LogP contribution in [0.1, 0.15) is 19.8 Å². The first kappa shape index (κ1) is 26.0. The second kappa shape index (κ2) is 10.8. The predicted molar refractivity (Wildman–Crippen MR) is 125 cm³/mol. The Kier molecular flexibility index (Phi) is 7.99. The Balaban J connectivity index is 1.85. The number of ether oxygens (including phenoxy) is 1. The Morgan fingerprint density at radius 1 is 1.09 bits per heavy atom. The summed E-state index contributed by atoms with van der Waals surface area (Å²) in [5.41, 5.74) is -2.27. The van der Waals surface area contributed by atoms with Crippen LogP contribution in [0.15, 0.2) is 70.5 Å². The minimum Gasteiger partial charge on any atom is -0.493 e. The summed E-state index contributed by atoms with van der Waals surface area (Å²) in [4.78, 5) is 24.7. The fourth-order valence-electron chi connectivity index (χ4n) is 3.44. The van der Waals surface area contributed by atoms with E-state index in [2.05, 4.69) is 0 Å². The minimum absolute atomic E-state index is 0.223. The molecule has 0 aliphatic carbocycles. The molecule has 11 nitrogen and oxygen atoms in total. The van der Waals surface area contributed by atoms with Gasteiger partial charge in [0, 0.05) is 6.54 Å². The second-order valence-electron chi connectivity index (χ2n) is 8.02. The number of aromatic nitrogens is 2. The molecule has 1 heterocycles. The number of benzene rings is 2. The van der Waals surface area contributed by atoms with E-state index in [0.717, 1.165) is 12.6 Å². The van der Waals surface area contributed by atoms with Gasteiger partial charge in [-0.25, -0.2) is 18.7 Å². The summed E-state index contributed by atoms with van der Waals surface area (Å²) in [7, 11) is -4.30. The third-order valence-electron chi connectivity index (χ3n) is 5.31. The van der Waals surface area contributed by atoms with Gasteiger partial charge >= 0.3 is 5.69 Å². The van der Waals surface area contributed by atoms with Crippen molar-refractivity contribution in [1.29, 1.82) is 0 Å². The van der Waals surface area contributed by atoms with Crippen molar-refractivity contribution in [1.82, 2.24) is 14.6 Å². The monoisotopic (exact) mass is 505 g/mol. The summed E-state index contributed by atoms with van der Waals surface area (Å²) in [6.45, 7) is 1.30. The van der Waals surface area contributed by atoms with Crippen molar-refractivity contribution in [2.24, 2.45) is 0 Å². The molecule has 0 bridgehead atoms. The molecule has 1 amide bonds. The number of imidazole rings is 1. The van der Waals surface area contributed by atoms with Gasteiger partial charge in [-0.1, -0.05) is 31.5 Å². The van der Waals surface area contributed by atoms with Gasteiger partial charge in [0.25, 0.3) is 5.91 Å². The molecule has 1 unspecified atom stereocenters. The molecule has 0 aliphatic rings. The topological polar surface area (TPSA) is 160 Å². The van der Waals surface area contributed by atoms with Gasteiger partial charge in [-0.15, -0.1) is 0 Å². The maximum absolute atomic E-state index is 13.0. The molecular weight excluding hydrogens is 478 g/mol. The van der Waals surface area contributed by atoms with Crippen LogP contribution in [0.5, 0.6) is 17.4 Å². The van der Waals surface area contributed by atoms with Gasteiger partial charge in [0.15, 0.2) is 15.4 Å². The Morgan fingerprint density at radius 2 is 1.71 bits per heavy atom. The number of para-hydroxylation sites is 1. The number of hydrogen-bond acceptors (Lipinski definition) is 8. The first-order chi connectivity index (χ1) is 16.6. The molecule has 0 spiro atoms. The van der Waals surface area contributed by atoms with Crippen molar-refractivity contribution in [2.45, 2.75) is 43.4 Å². The van der Waals surface area contributed by atoms with Crippen molar-refractivity contribution in [3.63, 3.8) is 0 Å². The highest BCUT2D eigenvalue weighted by Gasteiger charge is 2.43. The number of carbonyl (C=O) groups excluding carboxylic acids is 1. The van der Waals surface area contributed by atoms with Crippen LogP contribution in [-0.4, -0.2) is 50.2 Å². The molecule has 0 fully saturated rings. The molecule has 3 rings (SSSR count). The molecule has 35 heavy (non-hydrogen) atoms. The molecule has 0 saturated heterocycles. The number of carbonyl (C=O) groups is 1. The summed E-state index contributed by atoms with van der Waals surface area (Å²) >= 11 is 0. The summed E-state index contributed by atoms with van der Waals surface area (Å²) in [5, 5.41) is 30.3. The number of nitrogens with zero attached hydrogens (tertiary/aromatic N) is 2. The van der Waals surface area contributed by atoms with E-state index < -0.39 is 45.2 Å². The molecular formula is C23H27N3O8S. The number of aromatic hydroxyl groups is 1. The summed E-state index contributed by atoms with van der Waals surface area (Å²) in [5.74, 6) is -2.26. The number of aliphatic hydroxyl groups is 1. The average molecular weight is 506 g/mol. The number of nitrogens with one attached hydrogen (secondary N) is 1. The molecule has 4 N–H and O–H groups in total. The van der Waals surface area contributed by atoms with Crippen LogP contribution in [0.4, 0.5) is 0 Å². The van der Waals surface area contributed by atoms with E-state index in [-0.39, 0.29) is 11.4 Å². The molecule has 1 atom stereocenters. The smallest absolute Gasteiger partial charge is 0.331 e. The van der Waals surface area contributed by atoms with Crippen LogP contribution in [-0.2, 0) is 27.7 Å². The van der Waals surface area contributed by atoms with Gasteiger partial charge in [0.05, 0.1) is 23.4 Å². The Labute approximate surface area is 201 Å². The first-order valence-electron chi connectivity index (χ1n) is 10.8.